The number of thiazole rings is 1. The van der Waals surface area contributed by atoms with Crippen molar-refractivity contribution < 1.29 is 18.3 Å². The first-order valence-electron chi connectivity index (χ1n) is 11.8. The summed E-state index contributed by atoms with van der Waals surface area (Å²) in [4.78, 5) is 28.8. The van der Waals surface area contributed by atoms with Gasteiger partial charge in [-0.15, -0.1) is 11.3 Å². The van der Waals surface area contributed by atoms with Crippen molar-refractivity contribution >= 4 is 38.5 Å². The minimum atomic E-state index is -3.74. The smallest absolute Gasteiger partial charge is 0.291 e. The number of hydrogen-bond donors (Lipinski definition) is 3. The zero-order valence-corrected chi connectivity index (χ0v) is 21.7. The SMILES string of the molecule is CC(O)c1ncc(-c2cnn3c(N)c(S(C)(=O)=O)c(C4CC5CCC(C4)N5C(=O)c4ncn[nH]4)nc23)s1. The Morgan fingerprint density at radius 1 is 1.24 bits per heavy atom. The average Bonchev–Trinajstić information content (AvgIpc) is 3.63. The molecule has 2 bridgehead atoms. The van der Waals surface area contributed by atoms with E-state index in [1.54, 1.807) is 19.3 Å². The number of anilines is 1. The largest absolute Gasteiger partial charge is 0.386 e. The number of aromatic amines is 1. The monoisotopic (exact) mass is 543 g/mol. The molecule has 1 amide bonds. The molecule has 0 radical (unpaired) electrons. The molecule has 4 aromatic heterocycles. The quantitative estimate of drug-likeness (QED) is 0.333. The highest BCUT2D eigenvalue weighted by molar-refractivity contribution is 7.91. The number of carbonyl (C=O) groups is 1. The van der Waals surface area contributed by atoms with Gasteiger partial charge in [-0.25, -0.2) is 23.4 Å². The van der Waals surface area contributed by atoms with E-state index in [0.29, 0.717) is 34.8 Å². The minimum absolute atomic E-state index is 0.00141. The number of aliphatic hydroxyl groups excluding tert-OH is 1. The predicted molar refractivity (Wildman–Crippen MR) is 134 cm³/mol. The number of nitrogens with one attached hydrogen (secondary N) is 1. The lowest BCUT2D eigenvalue weighted by atomic mass is 9.87. The highest BCUT2D eigenvalue weighted by atomic mass is 32.2. The molecule has 194 valence electrons. The Bertz CT molecular complexity index is 1600. The number of nitrogens with two attached hydrogens (primary N) is 1. The summed E-state index contributed by atoms with van der Waals surface area (Å²) in [6.07, 6.45) is 7.66. The number of rotatable bonds is 5. The summed E-state index contributed by atoms with van der Waals surface area (Å²) in [5.74, 6) is -0.222. The Morgan fingerprint density at radius 3 is 2.57 bits per heavy atom. The summed E-state index contributed by atoms with van der Waals surface area (Å²) >= 11 is 1.31. The van der Waals surface area contributed by atoms with Gasteiger partial charge in [0.2, 0.25) is 5.82 Å². The van der Waals surface area contributed by atoms with Gasteiger partial charge in [0.15, 0.2) is 15.5 Å². The first kappa shape index (κ1) is 23.9. The molecule has 2 saturated heterocycles. The number of hydrogen-bond acceptors (Lipinski definition) is 11. The normalized spacial score (nSPS) is 22.6. The molecule has 0 spiro atoms. The Balaban J connectivity index is 1.44. The molecular formula is C22H25N9O4S2. The van der Waals surface area contributed by atoms with E-state index in [-0.39, 0.29) is 40.4 Å². The second-order valence-corrected chi connectivity index (χ2v) is 12.6. The van der Waals surface area contributed by atoms with Gasteiger partial charge in [-0.3, -0.25) is 9.89 Å². The van der Waals surface area contributed by atoms with Crippen molar-refractivity contribution in [1.29, 1.82) is 0 Å². The Labute approximate surface area is 215 Å². The molecule has 2 aliphatic heterocycles. The van der Waals surface area contributed by atoms with Crippen LogP contribution in [0.3, 0.4) is 0 Å². The zero-order chi connectivity index (χ0) is 26.1. The molecule has 2 aliphatic rings. The van der Waals surface area contributed by atoms with Crippen molar-refractivity contribution in [3.8, 4) is 10.4 Å². The molecule has 0 aliphatic carbocycles. The topological polar surface area (TPSA) is 185 Å². The van der Waals surface area contributed by atoms with Crippen LogP contribution >= 0.6 is 11.3 Å². The molecule has 13 nitrogen and oxygen atoms in total. The van der Waals surface area contributed by atoms with Gasteiger partial charge in [-0.1, -0.05) is 0 Å². The number of fused-ring (bicyclic) bond motifs is 3. The minimum Gasteiger partial charge on any atom is -0.386 e. The van der Waals surface area contributed by atoms with Crippen molar-refractivity contribution in [2.75, 3.05) is 12.0 Å². The van der Waals surface area contributed by atoms with Crippen LogP contribution in [0, 0.1) is 0 Å². The van der Waals surface area contributed by atoms with Crippen LogP contribution in [0.4, 0.5) is 5.82 Å². The van der Waals surface area contributed by atoms with E-state index >= 15 is 0 Å². The predicted octanol–water partition coefficient (Wildman–Crippen LogP) is 1.56. The molecular weight excluding hydrogens is 518 g/mol. The number of piperidine rings is 1. The maximum atomic E-state index is 13.1. The Kier molecular flexibility index (Phi) is 5.54. The van der Waals surface area contributed by atoms with E-state index in [2.05, 4.69) is 25.3 Å². The van der Waals surface area contributed by atoms with E-state index < -0.39 is 15.9 Å². The fraction of sp³-hybridized carbons (Fsp3) is 0.455. The van der Waals surface area contributed by atoms with Gasteiger partial charge in [0.1, 0.15) is 28.2 Å². The highest BCUT2D eigenvalue weighted by Crippen LogP contribution is 2.46. The van der Waals surface area contributed by atoms with Gasteiger partial charge in [-0.05, 0) is 32.6 Å². The first-order chi connectivity index (χ1) is 17.6. The van der Waals surface area contributed by atoms with E-state index in [1.807, 2.05) is 4.90 Å². The van der Waals surface area contributed by atoms with Crippen LogP contribution in [-0.4, -0.2) is 77.4 Å². The molecule has 0 saturated carbocycles. The third-order valence-corrected chi connectivity index (χ3v) is 9.51. The van der Waals surface area contributed by atoms with Crippen LogP contribution in [0.15, 0.2) is 23.6 Å². The van der Waals surface area contributed by atoms with E-state index in [0.717, 1.165) is 24.0 Å². The van der Waals surface area contributed by atoms with Crippen molar-refractivity contribution in [2.24, 2.45) is 0 Å². The van der Waals surface area contributed by atoms with Crippen LogP contribution in [0.1, 0.15) is 65.9 Å². The number of aliphatic hydroxyl groups is 1. The lowest BCUT2D eigenvalue weighted by Crippen LogP contribution is -2.46. The maximum Gasteiger partial charge on any atom is 0.291 e. The Morgan fingerprint density at radius 2 is 1.97 bits per heavy atom. The fourth-order valence-electron chi connectivity index (χ4n) is 5.62. The third kappa shape index (κ3) is 3.88. The number of aromatic nitrogens is 7. The summed E-state index contributed by atoms with van der Waals surface area (Å²) < 4.78 is 27.2. The lowest BCUT2D eigenvalue weighted by Gasteiger charge is -2.38. The number of sulfone groups is 1. The van der Waals surface area contributed by atoms with Gasteiger partial charge in [-0.2, -0.15) is 14.7 Å². The average molecular weight is 544 g/mol. The van der Waals surface area contributed by atoms with Gasteiger partial charge >= 0.3 is 0 Å². The van der Waals surface area contributed by atoms with Crippen LogP contribution in [0.5, 0.6) is 0 Å². The molecule has 37 heavy (non-hydrogen) atoms. The van der Waals surface area contributed by atoms with Crippen LogP contribution in [0.2, 0.25) is 0 Å². The van der Waals surface area contributed by atoms with Crippen molar-refractivity contribution in [3.63, 3.8) is 0 Å². The van der Waals surface area contributed by atoms with Crippen molar-refractivity contribution in [1.82, 2.24) is 39.7 Å². The Hall–Kier alpha value is -3.43. The molecule has 4 aromatic rings. The summed E-state index contributed by atoms with van der Waals surface area (Å²) in [5, 5.41) is 21.2. The third-order valence-electron chi connectivity index (χ3n) is 7.15. The number of nitrogen functional groups attached to an aromatic ring is 1. The van der Waals surface area contributed by atoms with Gasteiger partial charge in [0.25, 0.3) is 5.91 Å². The van der Waals surface area contributed by atoms with Gasteiger partial charge < -0.3 is 15.7 Å². The number of carbonyl (C=O) groups excluding carboxylic acids is 1. The highest BCUT2D eigenvalue weighted by Gasteiger charge is 2.46. The van der Waals surface area contributed by atoms with Gasteiger partial charge in [0.05, 0.1) is 22.3 Å². The number of nitrogens with zero attached hydrogens (tertiary/aromatic N) is 7. The first-order valence-corrected chi connectivity index (χ1v) is 14.5. The molecule has 6 rings (SSSR count). The van der Waals surface area contributed by atoms with E-state index in [4.69, 9.17) is 10.7 Å². The van der Waals surface area contributed by atoms with Gasteiger partial charge in [0, 0.05) is 30.5 Å². The fourth-order valence-corrected chi connectivity index (χ4v) is 7.54. The molecule has 3 atom stereocenters. The molecule has 15 heteroatoms. The zero-order valence-electron chi connectivity index (χ0n) is 20.1. The van der Waals surface area contributed by atoms with Crippen LogP contribution in [0.25, 0.3) is 16.1 Å². The van der Waals surface area contributed by atoms with Crippen LogP contribution in [-0.2, 0) is 9.84 Å². The standard InChI is InChI=1S/C22H25N9O4S2/c1-10(32)21-24-8-15(36-21)14-7-27-31-18(23)17(37(2,34)35)16(28-20(14)31)11-5-12-3-4-13(6-11)30(12)22(33)19-25-9-26-29-19/h7-13,32H,3-6,23H2,1-2H3,(H,25,26,29). The van der Waals surface area contributed by atoms with Crippen molar-refractivity contribution in [2.45, 2.75) is 61.6 Å². The lowest BCUT2D eigenvalue weighted by molar-refractivity contribution is 0.0556. The molecule has 3 unspecified atom stereocenters. The second-order valence-electron chi connectivity index (χ2n) is 9.62. The molecule has 0 aromatic carbocycles. The molecule has 4 N–H and O–H groups in total. The number of amides is 1. The van der Waals surface area contributed by atoms with Crippen molar-refractivity contribution in [3.05, 3.63) is 35.2 Å². The second kappa shape index (κ2) is 8.56. The molecule has 2 fully saturated rings. The van der Waals surface area contributed by atoms with E-state index in [9.17, 15) is 18.3 Å². The molecule has 6 heterocycles. The number of H-pyrrole nitrogens is 1. The maximum absolute atomic E-state index is 13.1. The summed E-state index contributed by atoms with van der Waals surface area (Å²) in [6, 6.07) is -0.153. The van der Waals surface area contributed by atoms with Crippen LogP contribution < -0.4 is 5.73 Å². The summed E-state index contributed by atoms with van der Waals surface area (Å²) in [5.41, 5.74) is 7.90. The van der Waals surface area contributed by atoms with E-state index in [1.165, 1.54) is 22.2 Å². The summed E-state index contributed by atoms with van der Waals surface area (Å²) in [6.45, 7) is 1.64. The summed E-state index contributed by atoms with van der Waals surface area (Å²) in [7, 11) is -3.74.